The van der Waals surface area contributed by atoms with Crippen molar-refractivity contribution in [3.05, 3.63) is 39.2 Å². The second-order valence-electron chi connectivity index (χ2n) is 2.68. The van der Waals surface area contributed by atoms with Gasteiger partial charge in [-0.05, 0) is 6.92 Å². The van der Waals surface area contributed by atoms with Gasteiger partial charge in [0.2, 0.25) is 0 Å². The Labute approximate surface area is 84.6 Å². The number of carbonyl (C=O) groups excluding carboxylic acids is 1. The average molecular weight is 210 g/mol. The molecule has 0 aliphatic rings. The highest BCUT2D eigenvalue weighted by Gasteiger charge is 2.13. The van der Waals surface area contributed by atoms with Gasteiger partial charge in [0.15, 0.2) is 0 Å². The first-order chi connectivity index (χ1) is 7.06. The van der Waals surface area contributed by atoms with Crippen LogP contribution in [0.25, 0.3) is 5.57 Å². The Balaban J connectivity index is 3.07. The molecule has 0 unspecified atom stereocenters. The number of hydrogen-bond acceptors (Lipinski definition) is 4. The molecular formula is C9H10N2O4. The number of aromatic amines is 2. The van der Waals surface area contributed by atoms with Gasteiger partial charge in [-0.2, -0.15) is 0 Å². The van der Waals surface area contributed by atoms with Crippen LogP contribution in [0.15, 0.2) is 22.4 Å². The summed E-state index contributed by atoms with van der Waals surface area (Å²) in [5, 5.41) is 0. The Kier molecular flexibility index (Phi) is 3.22. The lowest BCUT2D eigenvalue weighted by atomic mass is 10.1. The minimum absolute atomic E-state index is 0.00644. The van der Waals surface area contributed by atoms with Crippen molar-refractivity contribution in [1.82, 2.24) is 9.97 Å². The van der Waals surface area contributed by atoms with Gasteiger partial charge < -0.3 is 9.72 Å². The Hall–Kier alpha value is -2.11. The van der Waals surface area contributed by atoms with Gasteiger partial charge >= 0.3 is 11.7 Å². The van der Waals surface area contributed by atoms with Gasteiger partial charge in [-0.3, -0.25) is 9.78 Å². The molecule has 0 bridgehead atoms. The van der Waals surface area contributed by atoms with Crippen LogP contribution in [-0.4, -0.2) is 22.5 Å². The first kappa shape index (κ1) is 11.0. The van der Waals surface area contributed by atoms with E-state index in [2.05, 4.69) is 16.3 Å². The minimum atomic E-state index is -0.685. The van der Waals surface area contributed by atoms with Gasteiger partial charge in [0.05, 0.1) is 17.7 Å². The normalized spacial score (nSPS) is 9.67. The fourth-order valence-corrected chi connectivity index (χ4v) is 0.962. The summed E-state index contributed by atoms with van der Waals surface area (Å²) in [5.41, 5.74) is -1.40. The molecule has 1 heterocycles. The van der Waals surface area contributed by atoms with Crippen LogP contribution >= 0.6 is 0 Å². The zero-order chi connectivity index (χ0) is 11.4. The molecule has 0 fully saturated rings. The number of rotatable bonds is 3. The monoisotopic (exact) mass is 210 g/mol. The number of aromatic nitrogens is 2. The van der Waals surface area contributed by atoms with E-state index in [0.29, 0.717) is 0 Å². The third kappa shape index (κ3) is 2.43. The second kappa shape index (κ2) is 4.41. The second-order valence-corrected chi connectivity index (χ2v) is 2.68. The van der Waals surface area contributed by atoms with Crippen molar-refractivity contribution in [3.8, 4) is 0 Å². The van der Waals surface area contributed by atoms with Crippen molar-refractivity contribution in [3.63, 3.8) is 0 Å². The van der Waals surface area contributed by atoms with Crippen LogP contribution in [0.4, 0.5) is 0 Å². The number of nitrogens with one attached hydrogen (secondary N) is 2. The van der Waals surface area contributed by atoms with E-state index in [4.69, 9.17) is 0 Å². The first-order valence-corrected chi connectivity index (χ1v) is 4.24. The Morgan fingerprint density at radius 2 is 2.20 bits per heavy atom. The summed E-state index contributed by atoms with van der Waals surface area (Å²) in [5.74, 6) is -0.685. The Morgan fingerprint density at radius 3 is 2.73 bits per heavy atom. The van der Waals surface area contributed by atoms with E-state index in [1.165, 1.54) is 0 Å². The lowest BCUT2D eigenvalue weighted by Crippen LogP contribution is -2.25. The largest absolute Gasteiger partial charge is 0.462 e. The number of H-pyrrole nitrogens is 2. The van der Waals surface area contributed by atoms with E-state index in [-0.39, 0.29) is 17.7 Å². The molecule has 0 amide bonds. The summed E-state index contributed by atoms with van der Waals surface area (Å²) in [4.78, 5) is 37.4. The molecular weight excluding hydrogens is 200 g/mol. The molecule has 0 saturated carbocycles. The zero-order valence-electron chi connectivity index (χ0n) is 8.12. The summed E-state index contributed by atoms with van der Waals surface area (Å²) in [6, 6.07) is 0. The molecule has 6 nitrogen and oxygen atoms in total. The van der Waals surface area contributed by atoms with Crippen molar-refractivity contribution in [2.75, 3.05) is 6.61 Å². The molecule has 1 aromatic rings. The molecule has 0 radical (unpaired) electrons. The summed E-state index contributed by atoms with van der Waals surface area (Å²) < 4.78 is 4.66. The summed E-state index contributed by atoms with van der Waals surface area (Å²) >= 11 is 0. The fourth-order valence-electron chi connectivity index (χ4n) is 0.962. The predicted octanol–water partition coefficient (Wildman–Crippen LogP) is -0.360. The van der Waals surface area contributed by atoms with Crippen LogP contribution in [0.3, 0.4) is 0 Å². The van der Waals surface area contributed by atoms with Crippen molar-refractivity contribution < 1.29 is 9.53 Å². The smallest absolute Gasteiger partial charge is 0.338 e. The van der Waals surface area contributed by atoms with Crippen LogP contribution < -0.4 is 11.2 Å². The number of ether oxygens (including phenoxy) is 1. The molecule has 2 N–H and O–H groups in total. The van der Waals surface area contributed by atoms with E-state index >= 15 is 0 Å². The zero-order valence-corrected chi connectivity index (χ0v) is 8.12. The van der Waals surface area contributed by atoms with Gasteiger partial charge in [0, 0.05) is 6.20 Å². The van der Waals surface area contributed by atoms with Crippen LogP contribution in [-0.2, 0) is 9.53 Å². The highest BCUT2D eigenvalue weighted by Crippen LogP contribution is 2.06. The maximum atomic E-state index is 11.2. The van der Waals surface area contributed by atoms with E-state index in [1.807, 2.05) is 4.98 Å². The third-order valence-corrected chi connectivity index (χ3v) is 1.67. The highest BCUT2D eigenvalue weighted by molar-refractivity contribution is 6.15. The molecule has 1 aromatic heterocycles. The van der Waals surface area contributed by atoms with Gasteiger partial charge in [-0.15, -0.1) is 0 Å². The van der Waals surface area contributed by atoms with Crippen LogP contribution in [0.1, 0.15) is 12.5 Å². The molecule has 6 heteroatoms. The molecule has 0 aliphatic carbocycles. The summed E-state index contributed by atoms with van der Waals surface area (Å²) in [6.45, 7) is 5.25. The maximum Gasteiger partial charge on any atom is 0.338 e. The quantitative estimate of drug-likeness (QED) is 0.526. The SMILES string of the molecule is C=C(C(=O)OCC)c1c[nH]c(=O)[nH]c1=O. The molecule has 80 valence electrons. The molecule has 0 saturated heterocycles. The van der Waals surface area contributed by atoms with E-state index in [9.17, 15) is 14.4 Å². The predicted molar refractivity (Wildman–Crippen MR) is 53.4 cm³/mol. The van der Waals surface area contributed by atoms with E-state index < -0.39 is 17.2 Å². The Bertz CT molecular complexity index is 497. The van der Waals surface area contributed by atoms with Crippen LogP contribution in [0, 0.1) is 0 Å². The third-order valence-electron chi connectivity index (χ3n) is 1.67. The molecule has 15 heavy (non-hydrogen) atoms. The molecule has 1 rings (SSSR count). The molecule has 0 spiro atoms. The Morgan fingerprint density at radius 1 is 1.53 bits per heavy atom. The first-order valence-electron chi connectivity index (χ1n) is 4.24. The van der Waals surface area contributed by atoms with Crippen molar-refractivity contribution in [1.29, 1.82) is 0 Å². The van der Waals surface area contributed by atoms with Crippen LogP contribution in [0.5, 0.6) is 0 Å². The topological polar surface area (TPSA) is 92.0 Å². The van der Waals surface area contributed by atoms with Crippen molar-refractivity contribution in [2.24, 2.45) is 0 Å². The maximum absolute atomic E-state index is 11.2. The fraction of sp³-hybridized carbons (Fsp3) is 0.222. The lowest BCUT2D eigenvalue weighted by molar-refractivity contribution is -0.136. The number of carbonyl (C=O) groups is 1. The molecule has 0 atom stereocenters. The average Bonchev–Trinajstić information content (AvgIpc) is 2.17. The highest BCUT2D eigenvalue weighted by atomic mass is 16.5. The molecule has 0 aliphatic heterocycles. The lowest BCUT2D eigenvalue weighted by Gasteiger charge is -2.03. The summed E-state index contributed by atoms with van der Waals surface area (Å²) in [6.07, 6.45) is 1.13. The van der Waals surface area contributed by atoms with Crippen molar-refractivity contribution >= 4 is 11.5 Å². The van der Waals surface area contributed by atoms with E-state index in [0.717, 1.165) is 6.20 Å². The summed E-state index contributed by atoms with van der Waals surface area (Å²) in [7, 11) is 0. The van der Waals surface area contributed by atoms with Gasteiger partial charge in [-0.25, -0.2) is 9.59 Å². The number of esters is 1. The van der Waals surface area contributed by atoms with Crippen LogP contribution in [0.2, 0.25) is 0 Å². The standard InChI is InChI=1S/C9H10N2O4/c1-3-15-8(13)5(2)6-4-10-9(14)11-7(6)12/h4H,2-3H2,1H3,(H2,10,11,12,14). The minimum Gasteiger partial charge on any atom is -0.462 e. The van der Waals surface area contributed by atoms with Gasteiger partial charge in [0.1, 0.15) is 0 Å². The van der Waals surface area contributed by atoms with E-state index in [1.54, 1.807) is 6.92 Å². The van der Waals surface area contributed by atoms with Gasteiger partial charge in [-0.1, -0.05) is 6.58 Å². The molecule has 0 aromatic carbocycles. The van der Waals surface area contributed by atoms with Gasteiger partial charge in [0.25, 0.3) is 5.56 Å². The van der Waals surface area contributed by atoms with Crippen molar-refractivity contribution in [2.45, 2.75) is 6.92 Å². The number of hydrogen-bond donors (Lipinski definition) is 2.